The molecule has 0 aromatic carbocycles. The Bertz CT molecular complexity index is 360. The Hall–Kier alpha value is -1.000. The van der Waals surface area contributed by atoms with Gasteiger partial charge in [0.2, 0.25) is 0 Å². The van der Waals surface area contributed by atoms with Crippen molar-refractivity contribution in [2.24, 2.45) is 0 Å². The van der Waals surface area contributed by atoms with Gasteiger partial charge in [-0.1, -0.05) is 12.2 Å². The average molecular weight is 239 g/mol. The number of hydrogen-bond acceptors (Lipinski definition) is 3. The lowest BCUT2D eigenvalue weighted by Crippen LogP contribution is -2.30. The van der Waals surface area contributed by atoms with E-state index in [4.69, 9.17) is 0 Å². The predicted molar refractivity (Wildman–Crippen MR) is 67.9 cm³/mol. The molecule has 0 saturated heterocycles. The van der Waals surface area contributed by atoms with Gasteiger partial charge in [0.1, 0.15) is 0 Å². The summed E-state index contributed by atoms with van der Waals surface area (Å²) < 4.78 is 0. The van der Waals surface area contributed by atoms with Crippen molar-refractivity contribution in [3.05, 3.63) is 41.6 Å². The van der Waals surface area contributed by atoms with E-state index in [9.17, 15) is 4.79 Å². The van der Waals surface area contributed by atoms with E-state index < -0.39 is 0 Å². The van der Waals surface area contributed by atoms with Crippen molar-refractivity contribution >= 4 is 29.9 Å². The molecule has 0 spiro atoms. The summed E-state index contributed by atoms with van der Waals surface area (Å²) in [7, 11) is 0. The Kier molecular flexibility index (Phi) is 4.65. The second-order valence-corrected chi connectivity index (χ2v) is 4.38. The molecule has 80 valence electrons. The van der Waals surface area contributed by atoms with Gasteiger partial charge in [-0.3, -0.25) is 4.79 Å². The Balaban J connectivity index is 2.79. The lowest BCUT2D eigenvalue weighted by molar-refractivity contribution is 0.0795. The van der Waals surface area contributed by atoms with Crippen molar-refractivity contribution in [3.8, 4) is 0 Å². The number of carbonyl (C=O) groups excluding carboxylic acids is 1. The van der Waals surface area contributed by atoms with Gasteiger partial charge in [-0.25, -0.2) is 0 Å². The monoisotopic (exact) mass is 239 g/mol. The van der Waals surface area contributed by atoms with Gasteiger partial charge in [0.05, 0.1) is 4.88 Å². The van der Waals surface area contributed by atoms with Crippen LogP contribution in [0.15, 0.2) is 41.7 Å². The van der Waals surface area contributed by atoms with Gasteiger partial charge in [-0.15, -0.1) is 37.1 Å². The van der Waals surface area contributed by atoms with E-state index in [1.807, 2.05) is 5.38 Å². The number of rotatable bonds is 5. The van der Waals surface area contributed by atoms with Crippen LogP contribution >= 0.6 is 24.0 Å². The van der Waals surface area contributed by atoms with E-state index in [2.05, 4.69) is 25.8 Å². The van der Waals surface area contributed by atoms with Crippen LogP contribution in [-0.4, -0.2) is 23.9 Å². The van der Waals surface area contributed by atoms with E-state index >= 15 is 0 Å². The van der Waals surface area contributed by atoms with Crippen LogP contribution in [0.4, 0.5) is 0 Å². The van der Waals surface area contributed by atoms with Crippen LogP contribution in [0.3, 0.4) is 0 Å². The molecule has 4 heteroatoms. The van der Waals surface area contributed by atoms with E-state index in [1.165, 1.54) is 11.3 Å². The van der Waals surface area contributed by atoms with Gasteiger partial charge in [-0.05, 0) is 6.07 Å². The predicted octanol–water partition coefficient (Wildman–Crippen LogP) is 2.85. The summed E-state index contributed by atoms with van der Waals surface area (Å²) in [5.41, 5.74) is 0. The maximum atomic E-state index is 11.9. The maximum absolute atomic E-state index is 11.9. The number of amides is 1. The highest BCUT2D eigenvalue weighted by atomic mass is 32.1. The summed E-state index contributed by atoms with van der Waals surface area (Å²) in [6, 6.07) is 1.77. The van der Waals surface area contributed by atoms with Crippen molar-refractivity contribution < 1.29 is 4.79 Å². The Morgan fingerprint density at radius 2 is 2.07 bits per heavy atom. The topological polar surface area (TPSA) is 20.3 Å². The number of hydrogen-bond donors (Lipinski definition) is 1. The van der Waals surface area contributed by atoms with E-state index in [1.54, 1.807) is 23.1 Å². The molecule has 1 heterocycles. The fourth-order valence-corrected chi connectivity index (χ4v) is 2.26. The molecule has 0 aliphatic carbocycles. The molecule has 0 radical (unpaired) electrons. The Morgan fingerprint density at radius 1 is 1.47 bits per heavy atom. The summed E-state index contributed by atoms with van der Waals surface area (Å²) in [5, 5.41) is 1.84. The molecule has 0 saturated carbocycles. The van der Waals surface area contributed by atoms with Crippen molar-refractivity contribution in [3.63, 3.8) is 0 Å². The molecule has 1 aromatic heterocycles. The third-order valence-electron chi connectivity index (χ3n) is 1.78. The van der Waals surface area contributed by atoms with Crippen LogP contribution in [0, 0.1) is 0 Å². The Labute approximate surface area is 99.3 Å². The van der Waals surface area contributed by atoms with Crippen LogP contribution in [0.25, 0.3) is 0 Å². The third-order valence-corrected chi connectivity index (χ3v) is 3.13. The van der Waals surface area contributed by atoms with Crippen LogP contribution < -0.4 is 0 Å². The van der Waals surface area contributed by atoms with Crippen molar-refractivity contribution in [2.45, 2.75) is 4.90 Å². The zero-order chi connectivity index (χ0) is 11.3. The SMILES string of the molecule is C=CCN(CC=C)C(=O)c1cc(S)cs1. The first-order chi connectivity index (χ1) is 7.19. The fourth-order valence-electron chi connectivity index (χ4n) is 1.15. The quantitative estimate of drug-likeness (QED) is 0.619. The van der Waals surface area contributed by atoms with Crippen LogP contribution in [0.1, 0.15) is 9.67 Å². The minimum absolute atomic E-state index is 0.0000926. The molecule has 2 nitrogen and oxygen atoms in total. The highest BCUT2D eigenvalue weighted by Gasteiger charge is 2.14. The molecule has 1 amide bonds. The van der Waals surface area contributed by atoms with E-state index in [0.29, 0.717) is 18.0 Å². The second kappa shape index (κ2) is 5.78. The molecular formula is C11H13NOS2. The van der Waals surface area contributed by atoms with Crippen LogP contribution in [-0.2, 0) is 0 Å². The molecule has 1 aromatic rings. The van der Waals surface area contributed by atoms with E-state index in [-0.39, 0.29) is 5.91 Å². The first-order valence-electron chi connectivity index (χ1n) is 4.47. The summed E-state index contributed by atoms with van der Waals surface area (Å²) >= 11 is 5.57. The van der Waals surface area contributed by atoms with Gasteiger partial charge in [0.15, 0.2) is 0 Å². The fraction of sp³-hybridized carbons (Fsp3) is 0.182. The largest absolute Gasteiger partial charge is 0.331 e. The highest BCUT2D eigenvalue weighted by molar-refractivity contribution is 7.80. The van der Waals surface area contributed by atoms with Gasteiger partial charge in [0.25, 0.3) is 5.91 Å². The summed E-state index contributed by atoms with van der Waals surface area (Å²) in [6.45, 7) is 8.31. The lowest BCUT2D eigenvalue weighted by atomic mass is 10.3. The molecule has 0 N–H and O–H groups in total. The molecule has 0 unspecified atom stereocenters. The lowest BCUT2D eigenvalue weighted by Gasteiger charge is -2.17. The molecule has 0 bridgehead atoms. The zero-order valence-corrected chi connectivity index (χ0v) is 10.1. The molecule has 1 rings (SSSR count). The number of thiol groups is 1. The molecule has 0 aliphatic rings. The zero-order valence-electron chi connectivity index (χ0n) is 8.35. The molecular weight excluding hydrogens is 226 g/mol. The summed E-state index contributed by atoms with van der Waals surface area (Å²) in [6.07, 6.45) is 3.41. The highest BCUT2D eigenvalue weighted by Crippen LogP contribution is 2.19. The standard InChI is InChI=1S/C11H13NOS2/c1-3-5-12(6-4-2)11(13)10-7-9(14)8-15-10/h3-4,7-8,14H,1-2,5-6H2. The minimum atomic E-state index is 0.0000926. The molecule has 0 atom stereocenters. The van der Waals surface area contributed by atoms with Crippen molar-refractivity contribution in [1.29, 1.82) is 0 Å². The first-order valence-corrected chi connectivity index (χ1v) is 5.80. The molecule has 0 aliphatic heterocycles. The summed E-state index contributed by atoms with van der Waals surface area (Å²) in [4.78, 5) is 15.1. The summed E-state index contributed by atoms with van der Waals surface area (Å²) in [5.74, 6) is 0.0000926. The second-order valence-electron chi connectivity index (χ2n) is 2.96. The van der Waals surface area contributed by atoms with Crippen LogP contribution in [0.2, 0.25) is 0 Å². The van der Waals surface area contributed by atoms with Gasteiger partial charge in [0, 0.05) is 23.4 Å². The third kappa shape index (κ3) is 3.25. The maximum Gasteiger partial charge on any atom is 0.264 e. The molecule has 0 fully saturated rings. The normalized spacial score (nSPS) is 9.67. The number of carbonyl (C=O) groups is 1. The van der Waals surface area contributed by atoms with E-state index in [0.717, 1.165) is 4.90 Å². The average Bonchev–Trinajstić information content (AvgIpc) is 2.63. The number of nitrogens with zero attached hydrogens (tertiary/aromatic N) is 1. The first kappa shape index (κ1) is 12.1. The minimum Gasteiger partial charge on any atom is -0.331 e. The van der Waals surface area contributed by atoms with Gasteiger partial charge >= 0.3 is 0 Å². The number of thiophene rings is 1. The molecule has 15 heavy (non-hydrogen) atoms. The van der Waals surface area contributed by atoms with Crippen LogP contribution in [0.5, 0.6) is 0 Å². The van der Waals surface area contributed by atoms with Gasteiger partial charge < -0.3 is 4.90 Å². The van der Waals surface area contributed by atoms with Gasteiger partial charge in [-0.2, -0.15) is 0 Å². The van der Waals surface area contributed by atoms with Crippen molar-refractivity contribution in [2.75, 3.05) is 13.1 Å². The van der Waals surface area contributed by atoms with Crippen molar-refractivity contribution in [1.82, 2.24) is 4.90 Å². The smallest absolute Gasteiger partial charge is 0.264 e. The Morgan fingerprint density at radius 3 is 2.47 bits per heavy atom.